The molecule has 2 N–H and O–H groups in total. The van der Waals surface area contributed by atoms with Gasteiger partial charge in [-0.25, -0.2) is 0 Å². The minimum Gasteiger partial charge on any atom is -0.326 e. The summed E-state index contributed by atoms with van der Waals surface area (Å²) < 4.78 is 0. The van der Waals surface area contributed by atoms with Crippen LogP contribution in [0.5, 0.6) is 0 Å². The van der Waals surface area contributed by atoms with Crippen molar-refractivity contribution in [1.82, 2.24) is 4.90 Å². The largest absolute Gasteiger partial charge is 0.326 e. The molecule has 0 spiro atoms. The molecule has 0 saturated carbocycles. The summed E-state index contributed by atoms with van der Waals surface area (Å²) in [5.74, 6) is 0. The summed E-state index contributed by atoms with van der Waals surface area (Å²) in [6.07, 6.45) is 4.56. The number of nitrogens with zero attached hydrogens (tertiary/aromatic N) is 1. The molecule has 18 heavy (non-hydrogen) atoms. The van der Waals surface area contributed by atoms with Crippen LogP contribution in [0.2, 0.25) is 0 Å². The van der Waals surface area contributed by atoms with E-state index < -0.39 is 0 Å². The van der Waals surface area contributed by atoms with Gasteiger partial charge < -0.3 is 5.73 Å². The maximum atomic E-state index is 6.39. The van der Waals surface area contributed by atoms with Crippen molar-refractivity contribution < 1.29 is 0 Å². The highest BCUT2D eigenvalue weighted by Crippen LogP contribution is 2.33. The summed E-state index contributed by atoms with van der Waals surface area (Å²) in [5.41, 5.74) is 9.29. The van der Waals surface area contributed by atoms with Crippen molar-refractivity contribution in [3.05, 3.63) is 33.5 Å². The number of aryl methyl sites for hydroxylation is 1. The van der Waals surface area contributed by atoms with Gasteiger partial charge in [0.05, 0.1) is 6.04 Å². The highest BCUT2D eigenvalue weighted by Gasteiger charge is 2.28. The van der Waals surface area contributed by atoms with Gasteiger partial charge in [-0.3, -0.25) is 4.90 Å². The lowest BCUT2D eigenvalue weighted by molar-refractivity contribution is 0.184. The second kappa shape index (κ2) is 6.00. The van der Waals surface area contributed by atoms with Gasteiger partial charge in [0.15, 0.2) is 0 Å². The number of thiophene rings is 1. The third-order valence-corrected chi connectivity index (χ3v) is 5.00. The Labute approximate surface area is 114 Å². The Morgan fingerprint density at radius 3 is 2.72 bits per heavy atom. The number of rotatable bonds is 4. The Balaban J connectivity index is 2.24. The van der Waals surface area contributed by atoms with Gasteiger partial charge in [-0.15, -0.1) is 11.3 Å². The molecule has 1 aromatic rings. The van der Waals surface area contributed by atoms with Crippen LogP contribution in [0.15, 0.2) is 23.1 Å². The summed E-state index contributed by atoms with van der Waals surface area (Å²) in [5, 5.41) is 2.19. The van der Waals surface area contributed by atoms with Crippen LogP contribution < -0.4 is 5.73 Å². The fraction of sp³-hybridized carbons (Fsp3) is 0.600. The average Bonchev–Trinajstić information content (AvgIpc) is 2.78. The lowest BCUT2D eigenvalue weighted by Gasteiger charge is -2.36. The average molecular weight is 264 g/mol. The molecule has 0 radical (unpaired) electrons. The van der Waals surface area contributed by atoms with Gasteiger partial charge >= 0.3 is 0 Å². The SMILES string of the molecule is CCC(N)C(c1sccc1C)N1CC=C(C)CC1. The summed E-state index contributed by atoms with van der Waals surface area (Å²) in [7, 11) is 0. The van der Waals surface area contributed by atoms with Crippen LogP contribution in [0.4, 0.5) is 0 Å². The summed E-state index contributed by atoms with van der Waals surface area (Å²) in [4.78, 5) is 4.00. The third kappa shape index (κ3) is 2.85. The molecular formula is C15H24N2S. The maximum absolute atomic E-state index is 6.39. The van der Waals surface area contributed by atoms with Crippen LogP contribution in [-0.2, 0) is 0 Å². The molecule has 1 aliphatic heterocycles. The van der Waals surface area contributed by atoms with Gasteiger partial charge in [0.2, 0.25) is 0 Å². The van der Waals surface area contributed by atoms with Gasteiger partial charge in [0.25, 0.3) is 0 Å². The van der Waals surface area contributed by atoms with E-state index in [1.807, 2.05) is 11.3 Å². The van der Waals surface area contributed by atoms with Gasteiger partial charge in [0, 0.05) is 24.0 Å². The molecular weight excluding hydrogens is 240 g/mol. The number of hydrogen-bond acceptors (Lipinski definition) is 3. The molecule has 0 fully saturated rings. The van der Waals surface area contributed by atoms with Crippen LogP contribution >= 0.6 is 11.3 Å². The van der Waals surface area contributed by atoms with Crippen molar-refractivity contribution in [3.8, 4) is 0 Å². The van der Waals surface area contributed by atoms with Crippen LogP contribution in [-0.4, -0.2) is 24.0 Å². The Morgan fingerprint density at radius 1 is 1.44 bits per heavy atom. The van der Waals surface area contributed by atoms with E-state index in [0.717, 1.165) is 19.5 Å². The Hall–Kier alpha value is -0.640. The molecule has 0 aromatic carbocycles. The van der Waals surface area contributed by atoms with E-state index in [2.05, 4.69) is 43.2 Å². The van der Waals surface area contributed by atoms with Gasteiger partial charge in [-0.2, -0.15) is 0 Å². The molecule has 0 bridgehead atoms. The first-order valence-corrected chi connectivity index (χ1v) is 7.70. The number of nitrogens with two attached hydrogens (primary N) is 1. The van der Waals surface area contributed by atoms with E-state index in [-0.39, 0.29) is 6.04 Å². The smallest absolute Gasteiger partial charge is 0.0598 e. The predicted octanol–water partition coefficient (Wildman–Crippen LogP) is 3.49. The minimum absolute atomic E-state index is 0.231. The Kier molecular flexibility index (Phi) is 4.60. The zero-order valence-electron chi connectivity index (χ0n) is 11.6. The standard InChI is InChI=1S/C15H24N2S/c1-4-13(16)14(15-12(3)7-10-18-15)17-8-5-11(2)6-9-17/h5,7,10,13-14H,4,6,8-9,16H2,1-3H3. The normalized spacial score (nSPS) is 20.6. The molecule has 0 saturated heterocycles. The lowest BCUT2D eigenvalue weighted by Crippen LogP contribution is -2.42. The molecule has 2 nitrogen and oxygen atoms in total. The van der Waals surface area contributed by atoms with E-state index in [1.165, 1.54) is 22.4 Å². The fourth-order valence-corrected chi connectivity index (χ4v) is 3.72. The molecule has 2 heterocycles. The monoisotopic (exact) mass is 264 g/mol. The fourth-order valence-electron chi connectivity index (χ4n) is 2.58. The molecule has 2 unspecified atom stereocenters. The first-order valence-electron chi connectivity index (χ1n) is 6.82. The molecule has 0 amide bonds. The maximum Gasteiger partial charge on any atom is 0.0598 e. The van der Waals surface area contributed by atoms with Crippen LogP contribution in [0, 0.1) is 6.92 Å². The lowest BCUT2D eigenvalue weighted by atomic mass is 9.98. The van der Waals surface area contributed by atoms with Crippen molar-refractivity contribution in [2.45, 2.75) is 45.7 Å². The molecule has 1 aliphatic rings. The van der Waals surface area contributed by atoms with Crippen LogP contribution in [0.25, 0.3) is 0 Å². The molecule has 100 valence electrons. The molecule has 2 atom stereocenters. The summed E-state index contributed by atoms with van der Waals surface area (Å²) in [6, 6.07) is 2.83. The topological polar surface area (TPSA) is 29.3 Å². The second-order valence-corrected chi connectivity index (χ2v) is 6.23. The predicted molar refractivity (Wildman–Crippen MR) is 80.0 cm³/mol. The van der Waals surface area contributed by atoms with E-state index in [9.17, 15) is 0 Å². The van der Waals surface area contributed by atoms with Crippen LogP contribution in [0.1, 0.15) is 43.2 Å². The first kappa shape index (κ1) is 13.8. The Morgan fingerprint density at radius 2 is 2.22 bits per heavy atom. The van der Waals surface area contributed by atoms with Crippen molar-refractivity contribution >= 4 is 11.3 Å². The molecule has 3 heteroatoms. The highest BCUT2D eigenvalue weighted by molar-refractivity contribution is 7.10. The quantitative estimate of drug-likeness (QED) is 0.844. The zero-order valence-corrected chi connectivity index (χ0v) is 12.5. The second-order valence-electron chi connectivity index (χ2n) is 5.28. The van der Waals surface area contributed by atoms with Crippen molar-refractivity contribution in [3.63, 3.8) is 0 Å². The molecule has 2 rings (SSSR count). The van der Waals surface area contributed by atoms with Gasteiger partial charge in [-0.1, -0.05) is 18.6 Å². The first-order chi connectivity index (χ1) is 8.63. The van der Waals surface area contributed by atoms with E-state index in [4.69, 9.17) is 5.73 Å². The zero-order chi connectivity index (χ0) is 13.1. The number of hydrogen-bond donors (Lipinski definition) is 1. The highest BCUT2D eigenvalue weighted by atomic mass is 32.1. The van der Waals surface area contributed by atoms with Crippen molar-refractivity contribution in [1.29, 1.82) is 0 Å². The Bertz CT molecular complexity index is 422. The third-order valence-electron chi connectivity index (χ3n) is 3.91. The van der Waals surface area contributed by atoms with Gasteiger partial charge in [-0.05, 0) is 43.7 Å². The minimum atomic E-state index is 0.231. The van der Waals surface area contributed by atoms with Crippen LogP contribution in [0.3, 0.4) is 0 Å². The van der Waals surface area contributed by atoms with Crippen molar-refractivity contribution in [2.24, 2.45) is 5.73 Å². The van der Waals surface area contributed by atoms with E-state index >= 15 is 0 Å². The molecule has 0 aliphatic carbocycles. The van der Waals surface area contributed by atoms with E-state index in [0.29, 0.717) is 6.04 Å². The molecule has 1 aromatic heterocycles. The van der Waals surface area contributed by atoms with E-state index in [1.54, 1.807) is 0 Å². The summed E-state index contributed by atoms with van der Waals surface area (Å²) >= 11 is 1.85. The van der Waals surface area contributed by atoms with Gasteiger partial charge in [0.1, 0.15) is 0 Å². The van der Waals surface area contributed by atoms with Crippen molar-refractivity contribution in [2.75, 3.05) is 13.1 Å². The summed E-state index contributed by atoms with van der Waals surface area (Å²) in [6.45, 7) is 8.79.